The first-order chi connectivity index (χ1) is 25.0. The predicted molar refractivity (Wildman–Crippen MR) is 222 cm³/mol. The van der Waals surface area contributed by atoms with Crippen molar-refractivity contribution in [3.63, 3.8) is 0 Å². The van der Waals surface area contributed by atoms with Gasteiger partial charge in [0.15, 0.2) is 0 Å². The number of benzene rings is 3. The Balaban J connectivity index is 1.91. The van der Waals surface area contributed by atoms with Crippen LogP contribution in [-0.4, -0.2) is 13.2 Å². The molecule has 0 atom stereocenters. The summed E-state index contributed by atoms with van der Waals surface area (Å²) < 4.78 is 12.8. The standard InChI is InChI=1S/C50H62O2/c1-9-11-13-15-17-23-37-51-47-39-44(28-22-20-26-42-31-35-46(36-32-42)50(6,7)8)48(52-38-24-18-16-14-12-10-2)40-43(47)27-21-19-25-41-29-33-45(34-30-41)49(3,4)5/h29-36,39-40H,9-18,23-24,37-38H2,1-8H3. The number of hydrogen-bond acceptors (Lipinski definition) is 2. The summed E-state index contributed by atoms with van der Waals surface area (Å²) in [6, 6.07) is 20.8. The van der Waals surface area contributed by atoms with E-state index in [1.54, 1.807) is 0 Å². The van der Waals surface area contributed by atoms with Gasteiger partial charge < -0.3 is 9.47 Å². The molecular formula is C50H62O2. The van der Waals surface area contributed by atoms with Gasteiger partial charge in [-0.25, -0.2) is 0 Å². The van der Waals surface area contributed by atoms with Gasteiger partial charge in [0.25, 0.3) is 0 Å². The second kappa shape index (κ2) is 22.4. The Kier molecular flexibility index (Phi) is 18.1. The van der Waals surface area contributed by atoms with Crippen molar-refractivity contribution in [2.75, 3.05) is 13.2 Å². The molecule has 3 rings (SSSR count). The van der Waals surface area contributed by atoms with E-state index in [9.17, 15) is 0 Å². The van der Waals surface area contributed by atoms with Gasteiger partial charge in [0, 0.05) is 23.3 Å². The van der Waals surface area contributed by atoms with E-state index in [-0.39, 0.29) is 10.8 Å². The van der Waals surface area contributed by atoms with Crippen molar-refractivity contribution < 1.29 is 9.47 Å². The monoisotopic (exact) mass is 694 g/mol. The van der Waals surface area contributed by atoms with Crippen LogP contribution in [0, 0.1) is 47.4 Å². The Bertz CT molecular complexity index is 1630. The summed E-state index contributed by atoms with van der Waals surface area (Å²) in [5.74, 6) is 26.7. The van der Waals surface area contributed by atoms with Crippen molar-refractivity contribution in [3.05, 3.63) is 94.0 Å². The second-order valence-electron chi connectivity index (χ2n) is 15.7. The van der Waals surface area contributed by atoms with Gasteiger partial charge in [0.05, 0.1) is 24.3 Å². The van der Waals surface area contributed by atoms with Gasteiger partial charge >= 0.3 is 0 Å². The first kappa shape index (κ1) is 41.9. The molecule has 0 saturated carbocycles. The smallest absolute Gasteiger partial charge is 0.136 e. The number of ether oxygens (including phenoxy) is 2. The minimum Gasteiger partial charge on any atom is -0.492 e. The third-order valence-corrected chi connectivity index (χ3v) is 9.03. The Morgan fingerprint density at radius 1 is 0.423 bits per heavy atom. The lowest BCUT2D eigenvalue weighted by atomic mass is 9.87. The average molecular weight is 695 g/mol. The average Bonchev–Trinajstić information content (AvgIpc) is 3.11. The van der Waals surface area contributed by atoms with Gasteiger partial charge in [0.1, 0.15) is 11.5 Å². The van der Waals surface area contributed by atoms with Crippen molar-refractivity contribution in [3.8, 4) is 58.9 Å². The zero-order chi connectivity index (χ0) is 37.7. The third-order valence-electron chi connectivity index (χ3n) is 9.03. The molecular weight excluding hydrogens is 633 g/mol. The van der Waals surface area contributed by atoms with Crippen LogP contribution in [0.3, 0.4) is 0 Å². The lowest BCUT2D eigenvalue weighted by molar-refractivity contribution is 0.295. The minimum absolute atomic E-state index is 0.105. The van der Waals surface area contributed by atoms with Crippen molar-refractivity contribution >= 4 is 0 Å². The molecule has 52 heavy (non-hydrogen) atoms. The van der Waals surface area contributed by atoms with E-state index in [0.29, 0.717) is 24.7 Å². The highest BCUT2D eigenvalue weighted by atomic mass is 16.5. The van der Waals surface area contributed by atoms with Gasteiger partial charge in [-0.2, -0.15) is 0 Å². The normalized spacial score (nSPS) is 10.8. The maximum absolute atomic E-state index is 6.38. The summed E-state index contributed by atoms with van der Waals surface area (Å²) in [6.07, 6.45) is 14.4. The predicted octanol–water partition coefficient (Wildman–Crippen LogP) is 12.6. The van der Waals surface area contributed by atoms with Gasteiger partial charge in [-0.3, -0.25) is 0 Å². The van der Waals surface area contributed by atoms with E-state index in [1.165, 1.54) is 62.5 Å². The fraction of sp³-hybridized carbons (Fsp3) is 0.480. The van der Waals surface area contributed by atoms with Crippen LogP contribution in [0.25, 0.3) is 0 Å². The molecule has 3 aromatic rings. The largest absolute Gasteiger partial charge is 0.492 e. The SMILES string of the molecule is CCCCCCCCOc1cc(C#CC#Cc2ccc(C(C)(C)C)cc2)c(OCCCCCCCC)cc1C#CC#Cc1ccc(C(C)(C)C)cc1. The molecule has 0 N–H and O–H groups in total. The molecule has 0 spiro atoms. The van der Waals surface area contributed by atoms with Crippen LogP contribution < -0.4 is 9.47 Å². The molecule has 0 radical (unpaired) electrons. The fourth-order valence-corrected chi connectivity index (χ4v) is 5.63. The molecule has 0 unspecified atom stereocenters. The Labute approximate surface area is 317 Å². The zero-order valence-corrected chi connectivity index (χ0v) is 33.5. The summed E-state index contributed by atoms with van der Waals surface area (Å²) in [5, 5.41) is 0. The molecule has 2 heteroatoms. The van der Waals surface area contributed by atoms with Crippen LogP contribution in [0.2, 0.25) is 0 Å². The maximum atomic E-state index is 6.38. The lowest BCUT2D eigenvalue weighted by Crippen LogP contribution is -2.10. The quantitative estimate of drug-likeness (QED) is 0.110. The highest BCUT2D eigenvalue weighted by Gasteiger charge is 2.14. The van der Waals surface area contributed by atoms with Crippen molar-refractivity contribution in [2.24, 2.45) is 0 Å². The summed E-state index contributed by atoms with van der Waals surface area (Å²) >= 11 is 0. The maximum Gasteiger partial charge on any atom is 0.136 e. The molecule has 0 aliphatic rings. The van der Waals surface area contributed by atoms with Crippen LogP contribution in [0.5, 0.6) is 11.5 Å². The molecule has 3 aromatic carbocycles. The lowest BCUT2D eigenvalue weighted by Gasteiger charge is -2.18. The van der Waals surface area contributed by atoms with Crippen molar-refractivity contribution in [2.45, 2.75) is 143 Å². The van der Waals surface area contributed by atoms with Gasteiger partial charge in [-0.05, 0) is 94.6 Å². The summed E-state index contributed by atoms with van der Waals surface area (Å²) in [6.45, 7) is 19.0. The first-order valence-electron chi connectivity index (χ1n) is 19.7. The molecule has 0 saturated heterocycles. The summed E-state index contributed by atoms with van der Waals surface area (Å²) in [4.78, 5) is 0. The minimum atomic E-state index is 0.105. The summed E-state index contributed by atoms with van der Waals surface area (Å²) in [5.41, 5.74) is 6.20. The van der Waals surface area contributed by atoms with Crippen molar-refractivity contribution in [1.29, 1.82) is 0 Å². The molecule has 0 aromatic heterocycles. The molecule has 274 valence electrons. The Morgan fingerprint density at radius 3 is 1.10 bits per heavy atom. The van der Waals surface area contributed by atoms with Crippen LogP contribution in [0.1, 0.15) is 166 Å². The van der Waals surface area contributed by atoms with E-state index < -0.39 is 0 Å². The van der Waals surface area contributed by atoms with E-state index in [4.69, 9.17) is 9.47 Å². The van der Waals surface area contributed by atoms with Crippen LogP contribution in [0.15, 0.2) is 60.7 Å². The molecule has 0 amide bonds. The van der Waals surface area contributed by atoms with E-state index in [1.807, 2.05) is 12.1 Å². The van der Waals surface area contributed by atoms with E-state index >= 15 is 0 Å². The van der Waals surface area contributed by atoms with Crippen LogP contribution in [0.4, 0.5) is 0 Å². The fourth-order valence-electron chi connectivity index (χ4n) is 5.63. The molecule has 0 bridgehead atoms. The Hall–Kier alpha value is -4.50. The number of unbranched alkanes of at least 4 members (excludes halogenated alkanes) is 10. The molecule has 0 aliphatic heterocycles. The second-order valence-corrected chi connectivity index (χ2v) is 15.7. The van der Waals surface area contributed by atoms with Gasteiger partial charge in [0.2, 0.25) is 0 Å². The zero-order valence-electron chi connectivity index (χ0n) is 33.5. The topological polar surface area (TPSA) is 18.5 Å². The first-order valence-corrected chi connectivity index (χ1v) is 19.7. The third kappa shape index (κ3) is 15.8. The van der Waals surface area contributed by atoms with E-state index in [2.05, 4.69) is 151 Å². The van der Waals surface area contributed by atoms with Gasteiger partial charge in [-0.1, -0.05) is 156 Å². The molecule has 0 fully saturated rings. The van der Waals surface area contributed by atoms with Crippen LogP contribution >= 0.6 is 0 Å². The molecule has 0 aliphatic carbocycles. The summed E-state index contributed by atoms with van der Waals surface area (Å²) in [7, 11) is 0. The number of hydrogen-bond donors (Lipinski definition) is 0. The highest BCUT2D eigenvalue weighted by Crippen LogP contribution is 2.29. The highest BCUT2D eigenvalue weighted by molar-refractivity contribution is 5.60. The Morgan fingerprint density at radius 2 is 0.750 bits per heavy atom. The molecule has 0 heterocycles. The molecule has 2 nitrogen and oxygen atoms in total. The van der Waals surface area contributed by atoms with Crippen molar-refractivity contribution in [1.82, 2.24) is 0 Å². The van der Waals surface area contributed by atoms with Crippen LogP contribution in [-0.2, 0) is 10.8 Å². The van der Waals surface area contributed by atoms with E-state index in [0.717, 1.165) is 47.9 Å². The number of rotatable bonds is 16. The van der Waals surface area contributed by atoms with Gasteiger partial charge in [-0.15, -0.1) is 0 Å².